The number of ketones is 1. The molecule has 0 rings (SSSR count). The fourth-order valence-corrected chi connectivity index (χ4v) is 2.20. The molecule has 0 aromatic heterocycles. The van der Waals surface area contributed by atoms with Crippen molar-refractivity contribution in [2.45, 2.75) is 77.4 Å². The summed E-state index contributed by atoms with van der Waals surface area (Å²) in [5.74, 6) is -2.62. The number of carboxylic acid groups (broad SMARTS) is 2. The van der Waals surface area contributed by atoms with Crippen LogP contribution in [0.1, 0.15) is 59.8 Å². The second-order valence-electron chi connectivity index (χ2n) is 7.28. The fraction of sp³-hybridized carbons (Fsp3) is 0.765. The summed E-state index contributed by atoms with van der Waals surface area (Å²) in [5.41, 5.74) is -0.0119. The molecule has 26 heavy (non-hydrogen) atoms. The maximum Gasteiger partial charge on any atom is 0.326 e. The summed E-state index contributed by atoms with van der Waals surface area (Å²) in [6.07, 6.45) is 1.31. The van der Waals surface area contributed by atoms with Gasteiger partial charge in [-0.3, -0.25) is 9.59 Å². The summed E-state index contributed by atoms with van der Waals surface area (Å²) in [6.45, 7) is 8.09. The zero-order valence-electron chi connectivity index (χ0n) is 15.9. The first-order chi connectivity index (χ1) is 11.9. The van der Waals surface area contributed by atoms with E-state index in [0.29, 0.717) is 6.42 Å². The van der Waals surface area contributed by atoms with Gasteiger partial charge in [-0.15, -0.1) is 0 Å². The lowest BCUT2D eigenvalue weighted by Crippen LogP contribution is -2.50. The molecule has 0 aliphatic rings. The Bertz CT molecular complexity index is 501. The van der Waals surface area contributed by atoms with Crippen LogP contribution in [-0.4, -0.2) is 58.1 Å². The highest BCUT2D eigenvalue weighted by atomic mass is 16.4. The Morgan fingerprint density at radius 2 is 1.50 bits per heavy atom. The van der Waals surface area contributed by atoms with Gasteiger partial charge >= 0.3 is 18.0 Å². The van der Waals surface area contributed by atoms with Crippen molar-refractivity contribution in [2.24, 2.45) is 0 Å². The summed E-state index contributed by atoms with van der Waals surface area (Å²) in [4.78, 5) is 45.3. The summed E-state index contributed by atoms with van der Waals surface area (Å²) >= 11 is 0. The average molecular weight is 373 g/mol. The van der Waals surface area contributed by atoms with E-state index in [9.17, 15) is 24.3 Å². The minimum atomic E-state index is -1.16. The molecule has 0 spiro atoms. The molecule has 0 aliphatic heterocycles. The first-order valence-corrected chi connectivity index (χ1v) is 8.69. The van der Waals surface area contributed by atoms with Crippen molar-refractivity contribution in [1.82, 2.24) is 16.0 Å². The lowest BCUT2D eigenvalue weighted by atomic mass is 10.1. The largest absolute Gasteiger partial charge is 0.481 e. The standard InChI is InChI=1S/C17H31N3O6/c1-11(21)12(8-9-14(22)23)19-16(26)20-13(15(24)25)7-5-6-10-18-17(2,3)4/h12-13,18H,5-10H2,1-4H3,(H,22,23)(H,24,25)(H2,19,20,26)/t12-,13-/m0/s1. The number of unbranched alkanes of at least 4 members (excludes halogenated alkanes) is 1. The zero-order valence-corrected chi connectivity index (χ0v) is 15.9. The maximum atomic E-state index is 11.9. The van der Waals surface area contributed by atoms with Crippen molar-refractivity contribution in [3.8, 4) is 0 Å². The predicted molar refractivity (Wildman–Crippen MR) is 96.0 cm³/mol. The van der Waals surface area contributed by atoms with E-state index in [4.69, 9.17) is 5.11 Å². The summed E-state index contributed by atoms with van der Waals surface area (Å²) in [7, 11) is 0. The Kier molecular flexibility index (Phi) is 10.5. The van der Waals surface area contributed by atoms with Crippen LogP contribution in [0.4, 0.5) is 4.79 Å². The molecule has 0 saturated heterocycles. The smallest absolute Gasteiger partial charge is 0.326 e. The van der Waals surface area contributed by atoms with E-state index in [1.807, 2.05) is 20.8 Å². The third kappa shape index (κ3) is 12.2. The number of amides is 2. The quantitative estimate of drug-likeness (QED) is 0.322. The van der Waals surface area contributed by atoms with Crippen LogP contribution in [0.5, 0.6) is 0 Å². The van der Waals surface area contributed by atoms with Gasteiger partial charge in [0.25, 0.3) is 0 Å². The Morgan fingerprint density at radius 3 is 1.96 bits per heavy atom. The first-order valence-electron chi connectivity index (χ1n) is 8.69. The lowest BCUT2D eigenvalue weighted by molar-refractivity contribution is -0.139. The molecule has 0 saturated carbocycles. The highest BCUT2D eigenvalue weighted by Crippen LogP contribution is 2.05. The molecule has 0 aliphatic carbocycles. The number of hydrogen-bond donors (Lipinski definition) is 5. The second-order valence-corrected chi connectivity index (χ2v) is 7.28. The number of rotatable bonds is 12. The van der Waals surface area contributed by atoms with Crippen LogP contribution in [0.15, 0.2) is 0 Å². The van der Waals surface area contributed by atoms with Gasteiger partial charge in [-0.1, -0.05) is 0 Å². The molecule has 0 fully saturated rings. The number of nitrogens with one attached hydrogen (secondary N) is 3. The predicted octanol–water partition coefficient (Wildman–Crippen LogP) is 1.12. The van der Waals surface area contributed by atoms with Crippen molar-refractivity contribution < 1.29 is 29.4 Å². The van der Waals surface area contributed by atoms with Crippen LogP contribution >= 0.6 is 0 Å². The molecule has 0 bridgehead atoms. The van der Waals surface area contributed by atoms with Crippen LogP contribution in [0.25, 0.3) is 0 Å². The van der Waals surface area contributed by atoms with Gasteiger partial charge in [0.15, 0.2) is 5.78 Å². The van der Waals surface area contributed by atoms with Gasteiger partial charge < -0.3 is 26.2 Å². The topological polar surface area (TPSA) is 145 Å². The van der Waals surface area contributed by atoms with E-state index in [1.54, 1.807) is 0 Å². The Hall–Kier alpha value is -2.16. The normalized spacial score (nSPS) is 13.5. The van der Waals surface area contributed by atoms with E-state index in [0.717, 1.165) is 13.0 Å². The van der Waals surface area contributed by atoms with Crippen LogP contribution < -0.4 is 16.0 Å². The van der Waals surface area contributed by atoms with Gasteiger partial charge in [0.2, 0.25) is 0 Å². The molecule has 150 valence electrons. The number of urea groups is 1. The van der Waals surface area contributed by atoms with Crippen LogP contribution in [0.3, 0.4) is 0 Å². The SMILES string of the molecule is CC(=O)[C@H](CCC(=O)O)NC(=O)N[C@@H](CCCCNC(C)(C)C)C(=O)O. The van der Waals surface area contributed by atoms with E-state index >= 15 is 0 Å². The minimum Gasteiger partial charge on any atom is -0.481 e. The van der Waals surface area contributed by atoms with Crippen molar-refractivity contribution >= 4 is 23.8 Å². The summed E-state index contributed by atoms with van der Waals surface area (Å²) < 4.78 is 0. The molecular weight excluding hydrogens is 342 g/mol. The molecule has 0 aromatic carbocycles. The van der Waals surface area contributed by atoms with Crippen molar-refractivity contribution in [1.29, 1.82) is 0 Å². The first kappa shape index (κ1) is 23.8. The number of carboxylic acids is 2. The van der Waals surface area contributed by atoms with Gasteiger partial charge in [-0.2, -0.15) is 0 Å². The van der Waals surface area contributed by atoms with Gasteiger partial charge in [-0.25, -0.2) is 9.59 Å². The lowest BCUT2D eigenvalue weighted by Gasteiger charge is -2.21. The van der Waals surface area contributed by atoms with E-state index in [2.05, 4.69) is 16.0 Å². The van der Waals surface area contributed by atoms with Crippen LogP contribution in [-0.2, 0) is 14.4 Å². The molecule has 0 heterocycles. The number of carbonyl (C=O) groups excluding carboxylic acids is 2. The van der Waals surface area contributed by atoms with Crippen molar-refractivity contribution in [3.63, 3.8) is 0 Å². The average Bonchev–Trinajstić information content (AvgIpc) is 2.48. The molecule has 2 amide bonds. The fourth-order valence-electron chi connectivity index (χ4n) is 2.20. The summed E-state index contributed by atoms with van der Waals surface area (Å²) in [5, 5.41) is 25.9. The summed E-state index contributed by atoms with van der Waals surface area (Å²) in [6, 6.07) is -2.83. The van der Waals surface area contributed by atoms with Gasteiger partial charge in [0, 0.05) is 12.0 Å². The number of carbonyl (C=O) groups is 4. The number of aliphatic carboxylic acids is 2. The Balaban J connectivity index is 4.41. The molecule has 9 nitrogen and oxygen atoms in total. The monoisotopic (exact) mass is 373 g/mol. The highest BCUT2D eigenvalue weighted by molar-refractivity contribution is 5.88. The third-order valence-corrected chi connectivity index (χ3v) is 3.62. The molecule has 9 heteroatoms. The second kappa shape index (κ2) is 11.5. The van der Waals surface area contributed by atoms with E-state index < -0.39 is 30.1 Å². The Morgan fingerprint density at radius 1 is 0.923 bits per heavy atom. The third-order valence-electron chi connectivity index (χ3n) is 3.62. The molecule has 5 N–H and O–H groups in total. The maximum absolute atomic E-state index is 11.9. The van der Waals surface area contributed by atoms with E-state index in [-0.39, 0.29) is 30.6 Å². The van der Waals surface area contributed by atoms with Gasteiger partial charge in [-0.05, 0) is 59.9 Å². The number of Topliss-reactive ketones (excluding diaryl/α,β-unsaturated/α-hetero) is 1. The molecule has 2 atom stereocenters. The van der Waals surface area contributed by atoms with Crippen LogP contribution in [0.2, 0.25) is 0 Å². The minimum absolute atomic E-state index is 0.0119. The van der Waals surface area contributed by atoms with Crippen LogP contribution in [0, 0.1) is 0 Å². The highest BCUT2D eigenvalue weighted by Gasteiger charge is 2.23. The molecule has 0 radical (unpaired) electrons. The van der Waals surface area contributed by atoms with Crippen molar-refractivity contribution in [2.75, 3.05) is 6.54 Å². The van der Waals surface area contributed by atoms with E-state index in [1.165, 1.54) is 6.92 Å². The molecule has 0 aromatic rings. The zero-order chi connectivity index (χ0) is 20.3. The molecule has 0 unspecified atom stereocenters. The van der Waals surface area contributed by atoms with Gasteiger partial charge in [0.05, 0.1) is 6.04 Å². The van der Waals surface area contributed by atoms with Crippen molar-refractivity contribution in [3.05, 3.63) is 0 Å². The number of hydrogen-bond acceptors (Lipinski definition) is 5. The van der Waals surface area contributed by atoms with Gasteiger partial charge in [0.1, 0.15) is 6.04 Å². The Labute approximate surface area is 153 Å². The molecular formula is C17H31N3O6.